The summed E-state index contributed by atoms with van der Waals surface area (Å²) in [6.45, 7) is 4.62. The fourth-order valence-electron chi connectivity index (χ4n) is 2.59. The Morgan fingerprint density at radius 1 is 0.931 bits per heavy atom. The zero-order chi connectivity index (χ0) is 21.1. The smallest absolute Gasteiger partial charge is 0.278 e. The van der Waals surface area contributed by atoms with Crippen LogP contribution >= 0.6 is 0 Å². The molecule has 0 bridgehead atoms. The molecule has 29 heavy (non-hydrogen) atoms. The van der Waals surface area contributed by atoms with Crippen molar-refractivity contribution in [2.24, 2.45) is 0 Å². The molecule has 3 aromatic rings. The first kappa shape index (κ1) is 20.1. The molecule has 0 aliphatic rings. The van der Waals surface area contributed by atoms with Crippen LogP contribution in [0.4, 0.5) is 20.2 Å². The second-order valence-corrected chi connectivity index (χ2v) is 6.61. The van der Waals surface area contributed by atoms with Gasteiger partial charge in [0.2, 0.25) is 5.91 Å². The van der Waals surface area contributed by atoms with Gasteiger partial charge in [-0.15, -0.1) is 5.10 Å². The van der Waals surface area contributed by atoms with E-state index in [1.54, 1.807) is 45.0 Å². The van der Waals surface area contributed by atoms with Gasteiger partial charge in [-0.1, -0.05) is 17.3 Å². The van der Waals surface area contributed by atoms with E-state index in [0.717, 1.165) is 0 Å². The number of rotatable bonds is 5. The molecule has 9 heteroatoms. The summed E-state index contributed by atoms with van der Waals surface area (Å²) in [5.74, 6) is -1.88. The van der Waals surface area contributed by atoms with E-state index in [9.17, 15) is 18.4 Å². The maximum atomic E-state index is 13.6. The second kappa shape index (κ2) is 8.17. The summed E-state index contributed by atoms with van der Waals surface area (Å²) < 4.78 is 28.5. The van der Waals surface area contributed by atoms with Gasteiger partial charge < -0.3 is 10.6 Å². The summed E-state index contributed by atoms with van der Waals surface area (Å²) in [7, 11) is 0. The first-order valence-electron chi connectivity index (χ1n) is 8.78. The molecule has 0 radical (unpaired) electrons. The molecule has 3 rings (SSSR count). The lowest BCUT2D eigenvalue weighted by atomic mass is 10.2. The number of benzene rings is 2. The Balaban J connectivity index is 1.67. The SMILES string of the molecule is Cc1ccc(NC(=O)Cn2nnc(C(=O)Nc3ccc(C)c(F)c3)c2C)cc1F. The molecule has 0 unspecified atom stereocenters. The van der Waals surface area contributed by atoms with Gasteiger partial charge in [0.05, 0.1) is 5.69 Å². The van der Waals surface area contributed by atoms with Gasteiger partial charge >= 0.3 is 0 Å². The van der Waals surface area contributed by atoms with E-state index < -0.39 is 23.4 Å². The van der Waals surface area contributed by atoms with Crippen LogP contribution in [0.1, 0.15) is 27.3 Å². The summed E-state index contributed by atoms with van der Waals surface area (Å²) in [6.07, 6.45) is 0. The molecule has 2 aromatic carbocycles. The number of hydrogen-bond acceptors (Lipinski definition) is 4. The fourth-order valence-corrected chi connectivity index (χ4v) is 2.59. The Morgan fingerprint density at radius 3 is 2.03 bits per heavy atom. The van der Waals surface area contributed by atoms with Crippen molar-refractivity contribution in [3.8, 4) is 0 Å². The molecular weight excluding hydrogens is 380 g/mol. The van der Waals surface area contributed by atoms with Crippen LogP contribution in [-0.4, -0.2) is 26.8 Å². The first-order chi connectivity index (χ1) is 13.7. The highest BCUT2D eigenvalue weighted by atomic mass is 19.1. The van der Waals surface area contributed by atoms with E-state index in [4.69, 9.17) is 0 Å². The minimum Gasteiger partial charge on any atom is -0.324 e. The van der Waals surface area contributed by atoms with Gasteiger partial charge in [-0.2, -0.15) is 0 Å². The van der Waals surface area contributed by atoms with Gasteiger partial charge in [0.1, 0.15) is 18.2 Å². The van der Waals surface area contributed by atoms with Gasteiger partial charge in [-0.25, -0.2) is 13.5 Å². The van der Waals surface area contributed by atoms with E-state index in [2.05, 4.69) is 20.9 Å². The number of anilines is 2. The number of nitrogens with one attached hydrogen (secondary N) is 2. The molecule has 0 saturated heterocycles. The largest absolute Gasteiger partial charge is 0.324 e. The Morgan fingerprint density at radius 2 is 1.48 bits per heavy atom. The Kier molecular flexibility index (Phi) is 5.67. The highest BCUT2D eigenvalue weighted by Crippen LogP contribution is 2.16. The number of aromatic nitrogens is 3. The van der Waals surface area contributed by atoms with Gasteiger partial charge in [0.15, 0.2) is 5.69 Å². The van der Waals surface area contributed by atoms with Crippen LogP contribution in [0.2, 0.25) is 0 Å². The summed E-state index contributed by atoms with van der Waals surface area (Å²) in [5, 5.41) is 12.7. The lowest BCUT2D eigenvalue weighted by molar-refractivity contribution is -0.117. The Hall–Kier alpha value is -3.62. The van der Waals surface area contributed by atoms with Crippen molar-refractivity contribution in [2.75, 3.05) is 10.6 Å². The molecule has 0 aliphatic heterocycles. The van der Waals surface area contributed by atoms with Gasteiger partial charge in [0.25, 0.3) is 5.91 Å². The third kappa shape index (κ3) is 4.63. The predicted molar refractivity (Wildman–Crippen MR) is 104 cm³/mol. The van der Waals surface area contributed by atoms with E-state index in [-0.39, 0.29) is 17.9 Å². The monoisotopic (exact) mass is 399 g/mol. The normalized spacial score (nSPS) is 10.7. The number of halogens is 2. The number of aryl methyl sites for hydroxylation is 2. The van der Waals surface area contributed by atoms with Gasteiger partial charge in [-0.3, -0.25) is 9.59 Å². The minimum absolute atomic E-state index is 0.0140. The third-order valence-corrected chi connectivity index (χ3v) is 4.38. The molecule has 0 aliphatic carbocycles. The molecule has 150 valence electrons. The van der Waals surface area contributed by atoms with Crippen LogP contribution in [0.15, 0.2) is 36.4 Å². The number of amides is 2. The zero-order valence-corrected chi connectivity index (χ0v) is 16.1. The maximum absolute atomic E-state index is 13.6. The molecule has 0 atom stereocenters. The molecule has 1 heterocycles. The average molecular weight is 399 g/mol. The van der Waals surface area contributed by atoms with E-state index >= 15 is 0 Å². The molecule has 0 spiro atoms. The minimum atomic E-state index is -0.571. The highest BCUT2D eigenvalue weighted by Gasteiger charge is 2.18. The molecule has 2 N–H and O–H groups in total. The molecular formula is C20H19F2N5O2. The Labute approximate surface area is 165 Å². The van der Waals surface area contributed by atoms with E-state index in [0.29, 0.717) is 22.5 Å². The van der Waals surface area contributed by atoms with Crippen molar-refractivity contribution in [1.29, 1.82) is 0 Å². The first-order valence-corrected chi connectivity index (χ1v) is 8.78. The molecule has 1 aromatic heterocycles. The standard InChI is InChI=1S/C20H19F2N5O2/c1-11-4-6-14(8-16(11)21)23-18(28)10-27-13(3)19(25-26-27)20(29)24-15-7-5-12(2)17(22)9-15/h4-9H,10H2,1-3H3,(H,23,28)(H,24,29). The second-order valence-electron chi connectivity index (χ2n) is 6.61. The summed E-state index contributed by atoms with van der Waals surface area (Å²) in [5.41, 5.74) is 1.91. The molecule has 0 fully saturated rings. The zero-order valence-electron chi connectivity index (χ0n) is 16.1. The van der Waals surface area contributed by atoms with Crippen LogP contribution < -0.4 is 10.6 Å². The van der Waals surface area contributed by atoms with Crippen molar-refractivity contribution in [2.45, 2.75) is 27.3 Å². The average Bonchev–Trinajstić information content (AvgIpc) is 3.02. The van der Waals surface area contributed by atoms with Crippen molar-refractivity contribution < 1.29 is 18.4 Å². The van der Waals surface area contributed by atoms with Gasteiger partial charge in [0, 0.05) is 11.4 Å². The predicted octanol–water partition coefficient (Wildman–Crippen LogP) is 3.37. The van der Waals surface area contributed by atoms with Crippen LogP contribution in [-0.2, 0) is 11.3 Å². The topological polar surface area (TPSA) is 88.9 Å². The van der Waals surface area contributed by atoms with Crippen molar-refractivity contribution in [1.82, 2.24) is 15.0 Å². The summed E-state index contributed by atoms with van der Waals surface area (Å²) in [6, 6.07) is 8.70. The lowest BCUT2D eigenvalue weighted by Crippen LogP contribution is -2.21. The molecule has 0 saturated carbocycles. The van der Waals surface area contributed by atoms with Crippen molar-refractivity contribution >= 4 is 23.2 Å². The molecule has 7 nitrogen and oxygen atoms in total. The summed E-state index contributed by atoms with van der Waals surface area (Å²) in [4.78, 5) is 24.6. The van der Waals surface area contributed by atoms with Crippen molar-refractivity contribution in [3.63, 3.8) is 0 Å². The third-order valence-electron chi connectivity index (χ3n) is 4.38. The highest BCUT2D eigenvalue weighted by molar-refractivity contribution is 6.03. The molecule has 2 amide bonds. The van der Waals surface area contributed by atoms with Crippen LogP contribution in [0.3, 0.4) is 0 Å². The van der Waals surface area contributed by atoms with Crippen LogP contribution in [0.25, 0.3) is 0 Å². The number of nitrogens with zero attached hydrogens (tertiary/aromatic N) is 3. The maximum Gasteiger partial charge on any atom is 0.278 e. The summed E-state index contributed by atoms with van der Waals surface area (Å²) >= 11 is 0. The van der Waals surface area contributed by atoms with E-state index in [1.807, 2.05) is 0 Å². The fraction of sp³-hybridized carbons (Fsp3) is 0.200. The number of carbonyl (C=O) groups is 2. The number of carbonyl (C=O) groups excluding carboxylic acids is 2. The van der Waals surface area contributed by atoms with Gasteiger partial charge in [-0.05, 0) is 56.2 Å². The number of hydrogen-bond donors (Lipinski definition) is 2. The quantitative estimate of drug-likeness (QED) is 0.688. The van der Waals surface area contributed by atoms with E-state index in [1.165, 1.54) is 16.8 Å². The van der Waals surface area contributed by atoms with Crippen LogP contribution in [0, 0.1) is 32.4 Å². The van der Waals surface area contributed by atoms with Crippen molar-refractivity contribution in [3.05, 3.63) is 70.5 Å². The Bertz CT molecular complexity index is 1090. The lowest BCUT2D eigenvalue weighted by Gasteiger charge is -2.08. The van der Waals surface area contributed by atoms with Crippen LogP contribution in [0.5, 0.6) is 0 Å².